The number of hydrogen-bond acceptors (Lipinski definition) is 9. The van der Waals surface area contributed by atoms with Crippen molar-refractivity contribution in [1.29, 1.82) is 5.26 Å². The van der Waals surface area contributed by atoms with E-state index in [2.05, 4.69) is 43.9 Å². The van der Waals surface area contributed by atoms with E-state index in [1.807, 2.05) is 25.1 Å². The molecule has 0 bridgehead atoms. The van der Waals surface area contributed by atoms with Crippen LogP contribution in [0.2, 0.25) is 5.02 Å². The number of aliphatic hydroxyl groups is 1. The van der Waals surface area contributed by atoms with E-state index < -0.39 is 5.41 Å². The number of nitrogens with one attached hydrogen (secondary N) is 3. The first-order valence-corrected chi connectivity index (χ1v) is 12.7. The highest BCUT2D eigenvalue weighted by molar-refractivity contribution is 6.33. The molecule has 2 unspecified atom stereocenters. The Morgan fingerprint density at radius 2 is 2.11 bits per heavy atom. The van der Waals surface area contributed by atoms with Crippen LogP contribution < -0.4 is 20.7 Å². The summed E-state index contributed by atoms with van der Waals surface area (Å²) in [6, 6.07) is 9.78. The molecule has 2 aromatic heterocycles. The largest absolute Gasteiger partial charge is 0.494 e. The molecule has 0 fully saturated rings. The van der Waals surface area contributed by atoms with E-state index in [1.165, 1.54) is 0 Å². The summed E-state index contributed by atoms with van der Waals surface area (Å²) in [7, 11) is 1.59. The molecule has 194 valence electrons. The van der Waals surface area contributed by atoms with Crippen LogP contribution in [-0.4, -0.2) is 46.9 Å². The van der Waals surface area contributed by atoms with Crippen molar-refractivity contribution in [3.05, 3.63) is 47.2 Å². The maximum absolute atomic E-state index is 9.89. The van der Waals surface area contributed by atoms with Crippen molar-refractivity contribution in [2.24, 2.45) is 5.92 Å². The van der Waals surface area contributed by atoms with E-state index in [-0.39, 0.29) is 12.5 Å². The molecule has 0 saturated carbocycles. The second-order valence-corrected chi connectivity index (χ2v) is 9.85. The van der Waals surface area contributed by atoms with Crippen molar-refractivity contribution < 1.29 is 9.84 Å². The molecule has 0 aliphatic carbocycles. The van der Waals surface area contributed by atoms with Gasteiger partial charge in [0.1, 0.15) is 11.6 Å². The van der Waals surface area contributed by atoms with Crippen LogP contribution in [0.1, 0.15) is 38.7 Å². The van der Waals surface area contributed by atoms with Crippen LogP contribution in [0.3, 0.4) is 0 Å². The van der Waals surface area contributed by atoms with Crippen LogP contribution in [-0.2, 0) is 5.41 Å². The number of fused-ring (bicyclic) bond motifs is 1. The van der Waals surface area contributed by atoms with Crippen LogP contribution in [0.15, 0.2) is 36.7 Å². The Bertz CT molecular complexity index is 1300. The quantitative estimate of drug-likeness (QED) is 0.263. The fraction of sp³-hybridized carbons (Fsp3) is 0.407. The number of halogens is 1. The normalized spacial score (nSPS) is 16.9. The molecular weight excluding hydrogens is 490 g/mol. The molecule has 9 nitrogen and oxygen atoms in total. The minimum absolute atomic E-state index is 0.0256. The molecule has 1 aliphatic rings. The number of hydrogen-bond donors (Lipinski definition) is 4. The van der Waals surface area contributed by atoms with E-state index in [0.717, 1.165) is 41.9 Å². The van der Waals surface area contributed by atoms with E-state index in [9.17, 15) is 10.4 Å². The first kappa shape index (κ1) is 26.5. The van der Waals surface area contributed by atoms with Gasteiger partial charge < -0.3 is 25.8 Å². The van der Waals surface area contributed by atoms with Crippen molar-refractivity contribution in [2.45, 2.75) is 38.5 Å². The lowest BCUT2D eigenvalue weighted by Crippen LogP contribution is -2.28. The van der Waals surface area contributed by atoms with Gasteiger partial charge in [-0.15, -0.1) is 0 Å². The van der Waals surface area contributed by atoms with Crippen molar-refractivity contribution in [2.75, 3.05) is 42.8 Å². The molecule has 0 saturated heterocycles. The Balaban J connectivity index is 1.52. The number of nitriles is 1. The molecule has 3 aromatic rings. The molecule has 4 N–H and O–H groups in total. The maximum Gasteiger partial charge on any atom is 0.227 e. The van der Waals surface area contributed by atoms with Gasteiger partial charge in [0.05, 0.1) is 41.9 Å². The number of rotatable bonds is 11. The minimum Gasteiger partial charge on any atom is -0.494 e. The van der Waals surface area contributed by atoms with Crippen LogP contribution >= 0.6 is 11.6 Å². The van der Waals surface area contributed by atoms with Crippen molar-refractivity contribution >= 4 is 34.7 Å². The molecular formula is C27H32ClN7O2. The van der Waals surface area contributed by atoms with Gasteiger partial charge in [0.2, 0.25) is 5.95 Å². The predicted octanol–water partition coefficient (Wildman–Crippen LogP) is 5.36. The predicted molar refractivity (Wildman–Crippen MR) is 147 cm³/mol. The molecule has 0 amide bonds. The average molecular weight is 522 g/mol. The molecule has 0 radical (unpaired) electrons. The minimum atomic E-state index is -0.391. The first-order chi connectivity index (χ1) is 17.9. The lowest BCUT2D eigenvalue weighted by Gasteiger charge is -2.20. The zero-order valence-corrected chi connectivity index (χ0v) is 22.1. The summed E-state index contributed by atoms with van der Waals surface area (Å²) in [4.78, 5) is 13.6. The van der Waals surface area contributed by atoms with Gasteiger partial charge in [0.25, 0.3) is 0 Å². The fourth-order valence-electron chi connectivity index (χ4n) is 4.38. The Hall–Kier alpha value is -3.61. The van der Waals surface area contributed by atoms with Gasteiger partial charge in [-0.2, -0.15) is 5.26 Å². The average Bonchev–Trinajstić information content (AvgIpc) is 3.25. The SMILES string of the molecule is CCCC(C#N)CCNc1cc(OC)c(Nc2nccc(-c3cnc4c(c3)C(C)(CO)CN4)n2)cc1Cl. The number of aliphatic hydroxyl groups excluding tert-OH is 1. The third-order valence-electron chi connectivity index (χ3n) is 6.65. The summed E-state index contributed by atoms with van der Waals surface area (Å²) in [5, 5.41) is 29.5. The molecule has 37 heavy (non-hydrogen) atoms. The summed E-state index contributed by atoms with van der Waals surface area (Å²) >= 11 is 6.56. The highest BCUT2D eigenvalue weighted by Crippen LogP contribution is 2.38. The van der Waals surface area contributed by atoms with Crippen molar-refractivity contribution in [1.82, 2.24) is 15.0 Å². The van der Waals surface area contributed by atoms with E-state index >= 15 is 0 Å². The van der Waals surface area contributed by atoms with Gasteiger partial charge in [0, 0.05) is 54.0 Å². The molecule has 4 rings (SSSR count). The molecule has 3 heterocycles. The molecule has 0 spiro atoms. The summed E-state index contributed by atoms with van der Waals surface area (Å²) in [6.45, 7) is 5.38. The highest BCUT2D eigenvalue weighted by Gasteiger charge is 2.35. The Labute approximate surface area is 222 Å². The number of anilines is 4. The standard InChI is InChI=1S/C27H32ClN7O2/c1-4-5-17(13-29)6-8-30-22-12-24(37-3)23(11-20(22)28)35-26-31-9-7-21(34-26)18-10-19-25(32-14-18)33-15-27(19,2)16-36/h7,9-12,14,17,30,36H,4-6,8,15-16H2,1-3H3,(H,32,33)(H,31,34,35). The van der Waals surface area contributed by atoms with E-state index in [4.69, 9.17) is 16.3 Å². The van der Waals surface area contributed by atoms with Crippen molar-refractivity contribution in [3.8, 4) is 23.1 Å². The summed E-state index contributed by atoms with van der Waals surface area (Å²) < 4.78 is 5.59. The van der Waals surface area contributed by atoms with E-state index in [1.54, 1.807) is 25.6 Å². The lowest BCUT2D eigenvalue weighted by molar-refractivity contribution is 0.218. The zero-order chi connectivity index (χ0) is 26.4. The Morgan fingerprint density at radius 3 is 2.84 bits per heavy atom. The van der Waals surface area contributed by atoms with Gasteiger partial charge in [0.15, 0.2) is 0 Å². The summed E-state index contributed by atoms with van der Waals surface area (Å²) in [6.07, 6.45) is 6.05. The molecule has 1 aliphatic heterocycles. The third-order valence-corrected chi connectivity index (χ3v) is 6.96. The van der Waals surface area contributed by atoms with Crippen molar-refractivity contribution in [3.63, 3.8) is 0 Å². The molecule has 2 atom stereocenters. The van der Waals surface area contributed by atoms with Gasteiger partial charge in [-0.05, 0) is 31.0 Å². The topological polar surface area (TPSA) is 128 Å². The zero-order valence-electron chi connectivity index (χ0n) is 21.3. The van der Waals surface area contributed by atoms with Gasteiger partial charge in [-0.3, -0.25) is 0 Å². The number of benzene rings is 1. The summed E-state index contributed by atoms with van der Waals surface area (Å²) in [5.74, 6) is 1.77. The second kappa shape index (κ2) is 11.6. The van der Waals surface area contributed by atoms with Crippen LogP contribution in [0.25, 0.3) is 11.3 Å². The molecule has 1 aromatic carbocycles. The molecule has 10 heteroatoms. The Morgan fingerprint density at radius 1 is 1.27 bits per heavy atom. The van der Waals surface area contributed by atoms with Crippen LogP contribution in [0.4, 0.5) is 23.1 Å². The number of aromatic nitrogens is 3. The number of ether oxygens (including phenoxy) is 1. The summed E-state index contributed by atoms with van der Waals surface area (Å²) in [5.41, 5.74) is 3.46. The van der Waals surface area contributed by atoms with Gasteiger partial charge >= 0.3 is 0 Å². The van der Waals surface area contributed by atoms with E-state index in [0.29, 0.717) is 41.2 Å². The fourth-order valence-corrected chi connectivity index (χ4v) is 4.61. The number of methoxy groups -OCH3 is 1. The first-order valence-electron chi connectivity index (χ1n) is 12.4. The lowest BCUT2D eigenvalue weighted by atomic mass is 9.85. The smallest absolute Gasteiger partial charge is 0.227 e. The monoisotopic (exact) mass is 521 g/mol. The maximum atomic E-state index is 9.89. The Kier molecular flexibility index (Phi) is 8.31. The third kappa shape index (κ3) is 5.87. The van der Waals surface area contributed by atoms with Crippen LogP contribution in [0, 0.1) is 17.2 Å². The highest BCUT2D eigenvalue weighted by atomic mass is 35.5. The number of pyridine rings is 1. The second-order valence-electron chi connectivity index (χ2n) is 9.45. The van der Waals surface area contributed by atoms with Gasteiger partial charge in [-0.1, -0.05) is 31.9 Å². The van der Waals surface area contributed by atoms with Crippen LogP contribution in [0.5, 0.6) is 5.75 Å². The number of nitrogens with zero attached hydrogens (tertiary/aromatic N) is 4. The van der Waals surface area contributed by atoms with Gasteiger partial charge in [-0.25, -0.2) is 15.0 Å².